The molecular weight excluding hydrogens is 541 g/mol. The van der Waals surface area contributed by atoms with Gasteiger partial charge in [0.05, 0.1) is 19.1 Å². The smallest absolute Gasteiger partial charge is 0.408 e. The molecule has 1 aromatic heterocycles. The quantitative estimate of drug-likeness (QED) is 0.445. The maximum Gasteiger partial charge on any atom is 0.408 e. The molecule has 0 spiro atoms. The van der Waals surface area contributed by atoms with Crippen LogP contribution in [0.25, 0.3) is 0 Å². The molecule has 1 N–H and O–H groups in total. The fraction of sp³-hybridized carbons (Fsp3) is 0.320. The van der Waals surface area contributed by atoms with Gasteiger partial charge in [-0.05, 0) is 61.3 Å². The molecule has 0 fully saturated rings. The Kier molecular flexibility index (Phi) is 8.22. The van der Waals surface area contributed by atoms with Gasteiger partial charge in [-0.25, -0.2) is 14.0 Å². The Morgan fingerprint density at radius 1 is 1.11 bits per heavy atom. The van der Waals surface area contributed by atoms with Crippen LogP contribution < -0.4 is 16.6 Å². The van der Waals surface area contributed by atoms with E-state index in [0.29, 0.717) is 11.3 Å². The topological polar surface area (TPSA) is 82.3 Å². The number of rotatable bonds is 6. The zero-order valence-electron chi connectivity index (χ0n) is 19.8. The van der Waals surface area contributed by atoms with Crippen LogP contribution in [0.1, 0.15) is 43.6 Å². The molecule has 0 saturated carbocycles. The molecule has 0 aliphatic heterocycles. The molecule has 10 heteroatoms. The highest BCUT2D eigenvalue weighted by atomic mass is 79.9. The van der Waals surface area contributed by atoms with E-state index < -0.39 is 34.8 Å². The number of nitrogens with one attached hydrogen (secondary N) is 1. The monoisotopic (exact) mass is 565 g/mol. The number of nitrogens with zero attached hydrogens (tertiary/aromatic N) is 2. The van der Waals surface area contributed by atoms with Gasteiger partial charge in [0.25, 0.3) is 5.56 Å². The van der Waals surface area contributed by atoms with E-state index in [1.807, 2.05) is 6.07 Å². The molecule has 7 nitrogen and oxygen atoms in total. The van der Waals surface area contributed by atoms with Crippen LogP contribution in [0, 0.1) is 12.7 Å². The van der Waals surface area contributed by atoms with Gasteiger partial charge in [-0.15, -0.1) is 0 Å². The first-order chi connectivity index (χ1) is 16.4. The Hall–Kier alpha value is -2.91. The molecule has 186 valence electrons. The van der Waals surface area contributed by atoms with Crippen molar-refractivity contribution in [3.8, 4) is 0 Å². The zero-order valence-corrected chi connectivity index (χ0v) is 22.1. The van der Waals surface area contributed by atoms with Crippen molar-refractivity contribution in [2.24, 2.45) is 0 Å². The number of halogens is 3. The summed E-state index contributed by atoms with van der Waals surface area (Å²) in [5.74, 6) is -0.563. The third kappa shape index (κ3) is 6.41. The molecule has 3 rings (SSSR count). The van der Waals surface area contributed by atoms with Crippen LogP contribution in [-0.2, 0) is 17.8 Å². The highest BCUT2D eigenvalue weighted by Crippen LogP contribution is 2.21. The molecule has 0 bridgehead atoms. The summed E-state index contributed by atoms with van der Waals surface area (Å²) >= 11 is 9.44. The van der Waals surface area contributed by atoms with Crippen LogP contribution in [0.5, 0.6) is 0 Å². The Bertz CT molecular complexity index is 1330. The Morgan fingerprint density at radius 2 is 1.77 bits per heavy atom. The van der Waals surface area contributed by atoms with Crippen LogP contribution >= 0.6 is 27.5 Å². The number of amides is 1. The Labute approximate surface area is 215 Å². The van der Waals surface area contributed by atoms with Gasteiger partial charge in [0.1, 0.15) is 15.9 Å². The van der Waals surface area contributed by atoms with Crippen molar-refractivity contribution in [2.75, 3.05) is 0 Å². The molecule has 3 aromatic rings. The van der Waals surface area contributed by atoms with Crippen molar-refractivity contribution in [1.82, 2.24) is 14.5 Å². The maximum atomic E-state index is 14.4. The van der Waals surface area contributed by atoms with E-state index >= 15 is 0 Å². The average molecular weight is 567 g/mol. The van der Waals surface area contributed by atoms with E-state index in [1.165, 1.54) is 22.8 Å². The van der Waals surface area contributed by atoms with Gasteiger partial charge in [0.2, 0.25) is 0 Å². The van der Waals surface area contributed by atoms with E-state index in [-0.39, 0.29) is 28.1 Å². The van der Waals surface area contributed by atoms with Crippen molar-refractivity contribution in [1.29, 1.82) is 0 Å². The van der Waals surface area contributed by atoms with Crippen molar-refractivity contribution in [3.63, 3.8) is 0 Å². The predicted octanol–water partition coefficient (Wildman–Crippen LogP) is 5.19. The van der Waals surface area contributed by atoms with Crippen molar-refractivity contribution < 1.29 is 13.9 Å². The second kappa shape index (κ2) is 10.8. The Balaban J connectivity index is 2.07. The molecule has 1 amide bonds. The molecule has 0 saturated heterocycles. The summed E-state index contributed by atoms with van der Waals surface area (Å²) in [6.45, 7) is 6.43. The summed E-state index contributed by atoms with van der Waals surface area (Å²) in [5, 5.41) is 2.91. The largest absolute Gasteiger partial charge is 0.444 e. The molecule has 1 heterocycles. The summed E-state index contributed by atoms with van der Waals surface area (Å²) in [4.78, 5) is 39.1. The number of aromatic nitrogens is 2. The fourth-order valence-electron chi connectivity index (χ4n) is 3.51. The molecule has 0 radical (unpaired) electrons. The van der Waals surface area contributed by atoms with Gasteiger partial charge in [-0.1, -0.05) is 48.0 Å². The van der Waals surface area contributed by atoms with Gasteiger partial charge < -0.3 is 10.1 Å². The van der Waals surface area contributed by atoms with Crippen molar-refractivity contribution in [2.45, 2.75) is 52.4 Å². The zero-order chi connectivity index (χ0) is 25.9. The van der Waals surface area contributed by atoms with Gasteiger partial charge in [0.15, 0.2) is 0 Å². The second-order valence-electron chi connectivity index (χ2n) is 8.99. The summed E-state index contributed by atoms with van der Waals surface area (Å²) in [7, 11) is 0. The van der Waals surface area contributed by atoms with E-state index in [0.717, 1.165) is 4.57 Å². The number of hydrogen-bond donors (Lipinski definition) is 1. The van der Waals surface area contributed by atoms with Gasteiger partial charge in [-0.2, -0.15) is 0 Å². The summed E-state index contributed by atoms with van der Waals surface area (Å²) in [6, 6.07) is 12.4. The molecule has 0 aliphatic rings. The standard InChI is InChI=1S/C25H26BrClFN3O4/c1-15-21(26)22(32)31(24(34)30(15)13-17-18(27)11-8-12-19(17)28)14-20(16-9-6-5-7-10-16)29-23(33)35-25(2,3)4/h5-12,20H,13-14H2,1-4H3,(H,29,33)/t20-/m0/s1. The lowest BCUT2D eigenvalue weighted by Crippen LogP contribution is -2.45. The first-order valence-corrected chi connectivity index (χ1v) is 12.0. The molecular formula is C25H26BrClFN3O4. The minimum atomic E-state index is -0.753. The van der Waals surface area contributed by atoms with E-state index in [1.54, 1.807) is 52.0 Å². The molecule has 0 aliphatic carbocycles. The molecule has 0 unspecified atom stereocenters. The Morgan fingerprint density at radius 3 is 2.37 bits per heavy atom. The number of hydrogen-bond acceptors (Lipinski definition) is 4. The highest BCUT2D eigenvalue weighted by Gasteiger charge is 2.24. The second-order valence-corrected chi connectivity index (χ2v) is 10.2. The average Bonchev–Trinajstić information content (AvgIpc) is 2.78. The number of benzene rings is 2. The third-order valence-electron chi connectivity index (χ3n) is 5.25. The normalized spacial score (nSPS) is 12.3. The van der Waals surface area contributed by atoms with E-state index in [9.17, 15) is 18.8 Å². The fourth-order valence-corrected chi connectivity index (χ4v) is 4.16. The highest BCUT2D eigenvalue weighted by molar-refractivity contribution is 9.10. The van der Waals surface area contributed by atoms with Crippen molar-refractivity contribution >= 4 is 33.6 Å². The summed E-state index contributed by atoms with van der Waals surface area (Å²) in [5.41, 5.74) is -0.849. The van der Waals surface area contributed by atoms with Crippen LogP contribution in [-0.4, -0.2) is 20.8 Å². The molecule has 2 aromatic carbocycles. The summed E-state index contributed by atoms with van der Waals surface area (Å²) < 4.78 is 22.2. The lowest BCUT2D eigenvalue weighted by atomic mass is 10.1. The van der Waals surface area contributed by atoms with E-state index in [4.69, 9.17) is 16.3 Å². The van der Waals surface area contributed by atoms with Crippen LogP contribution in [0.4, 0.5) is 9.18 Å². The van der Waals surface area contributed by atoms with Gasteiger partial charge in [0, 0.05) is 16.3 Å². The number of carbonyl (C=O) groups excluding carboxylic acids is 1. The SMILES string of the molecule is Cc1c(Br)c(=O)n(C[C@H](NC(=O)OC(C)(C)C)c2ccccc2)c(=O)n1Cc1c(F)cccc1Cl. The maximum absolute atomic E-state index is 14.4. The van der Waals surface area contributed by atoms with Gasteiger partial charge >= 0.3 is 11.8 Å². The molecule has 1 atom stereocenters. The number of alkyl carbamates (subject to hydrolysis) is 1. The minimum absolute atomic E-state index is 0.128. The minimum Gasteiger partial charge on any atom is -0.444 e. The summed E-state index contributed by atoms with van der Waals surface area (Å²) in [6.07, 6.45) is -0.691. The van der Waals surface area contributed by atoms with Gasteiger partial charge in [-0.3, -0.25) is 13.9 Å². The van der Waals surface area contributed by atoms with Crippen LogP contribution in [0.15, 0.2) is 62.6 Å². The molecule has 35 heavy (non-hydrogen) atoms. The van der Waals surface area contributed by atoms with Crippen LogP contribution in [0.3, 0.4) is 0 Å². The number of carbonyl (C=O) groups is 1. The van der Waals surface area contributed by atoms with E-state index in [2.05, 4.69) is 21.2 Å². The first-order valence-electron chi connectivity index (χ1n) is 10.9. The lowest BCUT2D eigenvalue weighted by molar-refractivity contribution is 0.0497. The third-order valence-corrected chi connectivity index (χ3v) is 6.52. The van der Waals surface area contributed by atoms with Crippen molar-refractivity contribution in [3.05, 3.63) is 102 Å². The lowest BCUT2D eigenvalue weighted by Gasteiger charge is -2.25. The first kappa shape index (κ1) is 26.7. The van der Waals surface area contributed by atoms with Crippen LogP contribution in [0.2, 0.25) is 5.02 Å². The predicted molar refractivity (Wildman–Crippen MR) is 136 cm³/mol. The number of ether oxygens (including phenoxy) is 1.